The Kier molecular flexibility index (Phi) is 8.02. The summed E-state index contributed by atoms with van der Waals surface area (Å²) in [5, 5.41) is 6.12. The molecule has 1 aliphatic heterocycles. The van der Waals surface area contributed by atoms with Crippen LogP contribution < -0.4 is 15.5 Å². The number of halogens is 2. The molecule has 0 fully saturated rings. The van der Waals surface area contributed by atoms with Gasteiger partial charge in [0.2, 0.25) is 5.91 Å². The zero-order chi connectivity index (χ0) is 18.4. The Morgan fingerprint density at radius 3 is 2.70 bits per heavy atom. The highest BCUT2D eigenvalue weighted by molar-refractivity contribution is 14.0. The monoisotopic (exact) mass is 482 g/mol. The second-order valence-corrected chi connectivity index (χ2v) is 6.16. The average molecular weight is 482 g/mol. The van der Waals surface area contributed by atoms with Crippen molar-refractivity contribution in [2.45, 2.75) is 12.8 Å². The summed E-state index contributed by atoms with van der Waals surface area (Å²) in [5.74, 6) is 0.347. The molecule has 0 radical (unpaired) electrons. The molecule has 0 aliphatic carbocycles. The van der Waals surface area contributed by atoms with Gasteiger partial charge in [0, 0.05) is 32.4 Å². The number of carbonyl (C=O) groups excluding carboxylic acids is 1. The van der Waals surface area contributed by atoms with E-state index < -0.39 is 0 Å². The minimum atomic E-state index is -0.327. The van der Waals surface area contributed by atoms with E-state index in [1.807, 2.05) is 12.1 Å². The lowest BCUT2D eigenvalue weighted by atomic mass is 10.1. The molecule has 3 rings (SSSR count). The van der Waals surface area contributed by atoms with Crippen molar-refractivity contribution in [2.24, 2.45) is 4.99 Å². The van der Waals surface area contributed by atoms with Gasteiger partial charge in [-0.25, -0.2) is 4.39 Å². The van der Waals surface area contributed by atoms with Gasteiger partial charge >= 0.3 is 0 Å². The van der Waals surface area contributed by atoms with Crippen molar-refractivity contribution in [1.29, 1.82) is 0 Å². The summed E-state index contributed by atoms with van der Waals surface area (Å²) in [4.78, 5) is 18.5. The van der Waals surface area contributed by atoms with Crippen LogP contribution >= 0.6 is 24.0 Å². The van der Waals surface area contributed by atoms with Gasteiger partial charge < -0.3 is 15.5 Å². The largest absolute Gasteiger partial charge is 0.354 e. The average Bonchev–Trinajstić information content (AvgIpc) is 3.06. The minimum Gasteiger partial charge on any atom is -0.354 e. The van der Waals surface area contributed by atoms with E-state index in [-0.39, 0.29) is 42.1 Å². The highest BCUT2D eigenvalue weighted by Gasteiger charge is 2.22. The third-order valence-electron chi connectivity index (χ3n) is 4.34. The summed E-state index contributed by atoms with van der Waals surface area (Å²) in [6.07, 6.45) is 1.17. The normalized spacial score (nSPS) is 13.0. The molecular weight excluding hydrogens is 458 g/mol. The Bertz CT molecular complexity index is 812. The molecule has 0 aromatic heterocycles. The maximum atomic E-state index is 13.1. The third-order valence-corrected chi connectivity index (χ3v) is 4.34. The summed E-state index contributed by atoms with van der Waals surface area (Å²) < 4.78 is 13.1. The fourth-order valence-corrected chi connectivity index (χ4v) is 3.12. The predicted octanol–water partition coefficient (Wildman–Crippen LogP) is 2.74. The molecule has 0 saturated heterocycles. The molecule has 0 saturated carbocycles. The van der Waals surface area contributed by atoms with Crippen molar-refractivity contribution >= 4 is 41.5 Å². The molecular formula is C20H24FIN4O. The molecule has 0 unspecified atom stereocenters. The Labute approximate surface area is 176 Å². The first-order chi connectivity index (χ1) is 12.7. The van der Waals surface area contributed by atoms with Crippen LogP contribution in [0, 0.1) is 5.82 Å². The van der Waals surface area contributed by atoms with Gasteiger partial charge in [0.05, 0.1) is 6.42 Å². The Morgan fingerprint density at radius 2 is 1.93 bits per heavy atom. The fourth-order valence-electron chi connectivity index (χ4n) is 3.12. The van der Waals surface area contributed by atoms with Crippen LogP contribution in [0.15, 0.2) is 53.5 Å². The lowest BCUT2D eigenvalue weighted by Gasteiger charge is -2.22. The van der Waals surface area contributed by atoms with Gasteiger partial charge in [-0.05, 0) is 35.7 Å². The van der Waals surface area contributed by atoms with Gasteiger partial charge in [-0.3, -0.25) is 9.79 Å². The van der Waals surface area contributed by atoms with E-state index in [1.54, 1.807) is 19.2 Å². The topological polar surface area (TPSA) is 56.7 Å². The number of carbonyl (C=O) groups is 1. The number of hydrogen-bond donors (Lipinski definition) is 2. The maximum absolute atomic E-state index is 13.1. The van der Waals surface area contributed by atoms with Crippen molar-refractivity contribution in [1.82, 2.24) is 10.6 Å². The minimum absolute atomic E-state index is 0. The van der Waals surface area contributed by atoms with Gasteiger partial charge in [0.15, 0.2) is 5.96 Å². The Balaban J connectivity index is 0.00000261. The first kappa shape index (κ1) is 21.1. The predicted molar refractivity (Wildman–Crippen MR) is 117 cm³/mol. The number of hydrogen-bond acceptors (Lipinski definition) is 2. The second kappa shape index (κ2) is 10.2. The number of fused-ring (bicyclic) bond motifs is 1. The summed E-state index contributed by atoms with van der Waals surface area (Å²) >= 11 is 0. The Hall–Kier alpha value is -2.16. The maximum Gasteiger partial charge on any atom is 0.224 e. The van der Waals surface area contributed by atoms with Crippen molar-refractivity contribution in [3.63, 3.8) is 0 Å². The second-order valence-electron chi connectivity index (χ2n) is 6.16. The lowest BCUT2D eigenvalue weighted by Crippen LogP contribution is -2.43. The van der Waals surface area contributed by atoms with Crippen molar-refractivity contribution in [3.05, 3.63) is 65.5 Å². The SMILES string of the molecule is CN=C(NCCNC(=O)Cc1cccc(F)c1)N1CCc2ccccc21.I. The van der Waals surface area contributed by atoms with Crippen LogP contribution in [-0.2, 0) is 17.6 Å². The number of benzene rings is 2. The third kappa shape index (κ3) is 5.66. The molecule has 1 amide bonds. The smallest absolute Gasteiger partial charge is 0.224 e. The zero-order valence-electron chi connectivity index (χ0n) is 15.2. The lowest BCUT2D eigenvalue weighted by molar-refractivity contribution is -0.120. The van der Waals surface area contributed by atoms with Crippen molar-refractivity contribution in [2.75, 3.05) is 31.6 Å². The van der Waals surface area contributed by atoms with Crippen LogP contribution in [0.25, 0.3) is 0 Å². The molecule has 2 aromatic rings. The van der Waals surface area contributed by atoms with Crippen molar-refractivity contribution in [3.8, 4) is 0 Å². The highest BCUT2D eigenvalue weighted by atomic mass is 127. The van der Waals surface area contributed by atoms with Crippen LogP contribution in [0.3, 0.4) is 0 Å². The highest BCUT2D eigenvalue weighted by Crippen LogP contribution is 2.27. The summed E-state index contributed by atoms with van der Waals surface area (Å²) in [6, 6.07) is 14.4. The van der Waals surface area contributed by atoms with Crippen molar-refractivity contribution < 1.29 is 9.18 Å². The van der Waals surface area contributed by atoms with E-state index in [9.17, 15) is 9.18 Å². The standard InChI is InChI=1S/C20H23FN4O.HI/c1-22-20(25-12-9-16-6-2-3-8-18(16)25)24-11-10-23-19(26)14-15-5-4-7-17(21)13-15;/h2-8,13H,9-12,14H2,1H3,(H,22,24)(H,23,26);1H. The molecule has 1 heterocycles. The van der Waals surface area contributed by atoms with Crippen LogP contribution in [0.1, 0.15) is 11.1 Å². The van der Waals surface area contributed by atoms with Crippen LogP contribution in [0.4, 0.5) is 10.1 Å². The van der Waals surface area contributed by atoms with Crippen LogP contribution in [0.5, 0.6) is 0 Å². The van der Waals surface area contributed by atoms with E-state index in [0.29, 0.717) is 18.7 Å². The van der Waals surface area contributed by atoms with E-state index in [0.717, 1.165) is 18.9 Å². The molecule has 5 nitrogen and oxygen atoms in total. The van der Waals surface area contributed by atoms with E-state index in [2.05, 4.69) is 32.7 Å². The molecule has 7 heteroatoms. The van der Waals surface area contributed by atoms with Gasteiger partial charge in [0.1, 0.15) is 5.82 Å². The molecule has 1 aliphatic rings. The Morgan fingerprint density at radius 1 is 1.15 bits per heavy atom. The van der Waals surface area contributed by atoms with E-state index in [1.165, 1.54) is 23.4 Å². The molecule has 2 N–H and O–H groups in total. The van der Waals surface area contributed by atoms with E-state index >= 15 is 0 Å². The van der Waals surface area contributed by atoms with Gasteiger partial charge in [-0.1, -0.05) is 30.3 Å². The molecule has 0 atom stereocenters. The first-order valence-corrected chi connectivity index (χ1v) is 8.74. The van der Waals surface area contributed by atoms with Crippen LogP contribution in [0.2, 0.25) is 0 Å². The van der Waals surface area contributed by atoms with Crippen LogP contribution in [-0.4, -0.2) is 38.5 Å². The number of guanidine groups is 1. The number of rotatable bonds is 5. The van der Waals surface area contributed by atoms with Gasteiger partial charge in [-0.15, -0.1) is 24.0 Å². The van der Waals surface area contributed by atoms with Gasteiger partial charge in [0.25, 0.3) is 0 Å². The summed E-state index contributed by atoms with van der Waals surface area (Å²) in [6.45, 7) is 1.94. The molecule has 144 valence electrons. The molecule has 0 bridgehead atoms. The quantitative estimate of drug-likeness (QED) is 0.298. The summed E-state index contributed by atoms with van der Waals surface area (Å²) in [7, 11) is 1.76. The zero-order valence-corrected chi connectivity index (χ0v) is 17.6. The van der Waals surface area contributed by atoms with E-state index in [4.69, 9.17) is 0 Å². The summed E-state index contributed by atoms with van der Waals surface area (Å²) in [5.41, 5.74) is 3.16. The number of anilines is 1. The molecule has 27 heavy (non-hydrogen) atoms. The molecule has 0 spiro atoms. The first-order valence-electron chi connectivity index (χ1n) is 8.74. The number of para-hydroxylation sites is 1. The number of amides is 1. The molecule has 2 aromatic carbocycles. The number of aliphatic imine (C=N–C) groups is 1. The van der Waals surface area contributed by atoms with Gasteiger partial charge in [-0.2, -0.15) is 0 Å². The number of nitrogens with one attached hydrogen (secondary N) is 2. The number of nitrogens with zero attached hydrogens (tertiary/aromatic N) is 2. The fraction of sp³-hybridized carbons (Fsp3) is 0.300.